The molecule has 3 aromatic rings. The van der Waals surface area contributed by atoms with Crippen molar-refractivity contribution in [2.75, 3.05) is 25.4 Å². The van der Waals surface area contributed by atoms with E-state index in [-0.39, 0.29) is 17.6 Å². The zero-order valence-corrected chi connectivity index (χ0v) is 18.4. The smallest absolute Gasteiger partial charge is 0.176 e. The summed E-state index contributed by atoms with van der Waals surface area (Å²) in [6.07, 6.45) is 0.817. The Morgan fingerprint density at radius 2 is 1.39 bits per heavy atom. The molecule has 0 aliphatic carbocycles. The van der Waals surface area contributed by atoms with Gasteiger partial charge in [0.05, 0.1) is 0 Å². The van der Waals surface area contributed by atoms with Crippen molar-refractivity contribution in [1.82, 2.24) is 9.21 Å². The Labute approximate surface area is 187 Å². The van der Waals surface area contributed by atoms with Crippen LogP contribution in [0.25, 0.3) is 0 Å². The maximum Gasteiger partial charge on any atom is 0.176 e. The van der Waals surface area contributed by atoms with Crippen molar-refractivity contribution >= 4 is 16.8 Å². The van der Waals surface area contributed by atoms with Gasteiger partial charge in [-0.15, -0.1) is 0 Å². The average molecular weight is 433 g/mol. The highest BCUT2D eigenvalue weighted by molar-refractivity contribution is 7.83. The lowest BCUT2D eigenvalue weighted by atomic mass is 10.0. The summed E-state index contributed by atoms with van der Waals surface area (Å²) in [5.74, 6) is -0.0299. The molecule has 31 heavy (non-hydrogen) atoms. The van der Waals surface area contributed by atoms with Crippen LogP contribution in [0.5, 0.6) is 0 Å². The van der Waals surface area contributed by atoms with Gasteiger partial charge in [0.2, 0.25) is 0 Å². The summed E-state index contributed by atoms with van der Waals surface area (Å²) < 4.78 is 15.3. The Morgan fingerprint density at radius 1 is 0.806 bits per heavy atom. The zero-order chi connectivity index (χ0) is 21.5. The van der Waals surface area contributed by atoms with Crippen LogP contribution in [0.4, 0.5) is 0 Å². The Morgan fingerprint density at radius 3 is 2.03 bits per heavy atom. The molecule has 1 unspecified atom stereocenters. The molecule has 1 fully saturated rings. The number of carbonyl (C=O) groups is 1. The molecule has 0 radical (unpaired) electrons. The van der Waals surface area contributed by atoms with Gasteiger partial charge < -0.3 is 0 Å². The molecule has 5 heteroatoms. The van der Waals surface area contributed by atoms with Gasteiger partial charge in [0, 0.05) is 37.8 Å². The molecule has 4 rings (SSSR count). The van der Waals surface area contributed by atoms with Crippen LogP contribution in [-0.4, -0.2) is 50.6 Å². The Bertz CT molecular complexity index is 996. The number of hydrogen-bond acceptors (Lipinski definition) is 3. The number of rotatable bonds is 8. The molecule has 0 bridgehead atoms. The van der Waals surface area contributed by atoms with Crippen LogP contribution in [-0.2, 0) is 24.0 Å². The first-order chi connectivity index (χ1) is 15.2. The Hall–Kier alpha value is -2.60. The minimum atomic E-state index is -1.35. The van der Waals surface area contributed by atoms with Crippen molar-refractivity contribution in [3.05, 3.63) is 108 Å². The lowest BCUT2D eigenvalue weighted by molar-refractivity contribution is 0.101. The van der Waals surface area contributed by atoms with E-state index >= 15 is 0 Å². The van der Waals surface area contributed by atoms with Crippen molar-refractivity contribution in [3.63, 3.8) is 0 Å². The summed E-state index contributed by atoms with van der Waals surface area (Å²) >= 11 is 0. The van der Waals surface area contributed by atoms with Gasteiger partial charge in [-0.25, -0.2) is 8.51 Å². The minimum Gasteiger partial charge on any atom is -0.296 e. The van der Waals surface area contributed by atoms with E-state index < -0.39 is 11.0 Å². The quantitative estimate of drug-likeness (QED) is 0.506. The number of hydrogen-bond donors (Lipinski definition) is 0. The van der Waals surface area contributed by atoms with Gasteiger partial charge in [-0.1, -0.05) is 91.0 Å². The molecule has 1 aliphatic heterocycles. The second-order valence-electron chi connectivity index (χ2n) is 7.96. The van der Waals surface area contributed by atoms with Crippen molar-refractivity contribution in [1.29, 1.82) is 0 Å². The van der Waals surface area contributed by atoms with Gasteiger partial charge in [0.25, 0.3) is 0 Å². The summed E-state index contributed by atoms with van der Waals surface area (Å²) in [6, 6.07) is 30.1. The third-order valence-electron chi connectivity index (χ3n) is 5.69. The minimum absolute atomic E-state index is 0.0357. The topological polar surface area (TPSA) is 40.6 Å². The number of piperazine rings is 1. The largest absolute Gasteiger partial charge is 0.296 e. The molecule has 0 aromatic heterocycles. The molecule has 4 nitrogen and oxygen atoms in total. The first kappa shape index (κ1) is 21.6. The van der Waals surface area contributed by atoms with Gasteiger partial charge in [-0.2, -0.15) is 0 Å². The highest BCUT2D eigenvalue weighted by Crippen LogP contribution is 2.19. The lowest BCUT2D eigenvalue weighted by Gasteiger charge is -2.40. The van der Waals surface area contributed by atoms with E-state index in [1.54, 1.807) is 12.1 Å². The number of benzene rings is 3. The Kier molecular flexibility index (Phi) is 7.41. The fourth-order valence-electron chi connectivity index (χ4n) is 4.11. The summed E-state index contributed by atoms with van der Waals surface area (Å²) in [5, 5.41) is 0. The molecule has 0 saturated carbocycles. The molecule has 0 N–H and O–H groups in total. The number of carbonyl (C=O) groups excluding carboxylic acids is 1. The predicted octanol–water partition coefficient (Wildman–Crippen LogP) is 3.96. The first-order valence-corrected chi connectivity index (χ1v) is 12.0. The highest BCUT2D eigenvalue weighted by Gasteiger charge is 2.31. The lowest BCUT2D eigenvalue weighted by Crippen LogP contribution is -2.54. The third kappa shape index (κ3) is 5.97. The molecule has 1 aliphatic rings. The molecule has 160 valence electrons. The van der Waals surface area contributed by atoms with Gasteiger partial charge in [0.1, 0.15) is 16.7 Å². The second kappa shape index (κ2) is 10.6. The molecule has 3 aromatic carbocycles. The van der Waals surface area contributed by atoms with Crippen LogP contribution < -0.4 is 0 Å². The second-order valence-corrected chi connectivity index (χ2v) is 9.36. The van der Waals surface area contributed by atoms with E-state index in [0.717, 1.165) is 26.1 Å². The van der Waals surface area contributed by atoms with E-state index in [4.69, 9.17) is 0 Å². The van der Waals surface area contributed by atoms with Crippen molar-refractivity contribution in [2.24, 2.45) is 0 Å². The van der Waals surface area contributed by atoms with Crippen LogP contribution in [0, 0.1) is 0 Å². The Balaban J connectivity index is 1.47. The SMILES string of the molecule is O=C(CS(=O)N1CCN(Cc2ccccc2)C[C@H]1Cc1ccccc1)c1ccccc1. The fraction of sp³-hybridized carbons (Fsp3) is 0.269. The highest BCUT2D eigenvalue weighted by atomic mass is 32.2. The van der Waals surface area contributed by atoms with E-state index in [1.807, 2.05) is 46.8 Å². The van der Waals surface area contributed by atoms with Crippen molar-refractivity contribution in [3.8, 4) is 0 Å². The fourth-order valence-corrected chi connectivity index (χ4v) is 5.43. The van der Waals surface area contributed by atoms with Crippen LogP contribution in [0.3, 0.4) is 0 Å². The van der Waals surface area contributed by atoms with Gasteiger partial charge in [-0.3, -0.25) is 9.69 Å². The number of ketones is 1. The van der Waals surface area contributed by atoms with Crippen molar-refractivity contribution in [2.45, 2.75) is 19.0 Å². The van der Waals surface area contributed by atoms with Gasteiger partial charge >= 0.3 is 0 Å². The molecule has 1 heterocycles. The monoisotopic (exact) mass is 432 g/mol. The average Bonchev–Trinajstić information content (AvgIpc) is 2.81. The summed E-state index contributed by atoms with van der Waals surface area (Å²) in [7, 11) is -1.35. The van der Waals surface area contributed by atoms with Crippen LogP contribution >= 0.6 is 0 Å². The molecule has 2 atom stereocenters. The standard InChI is InChI=1S/C26H28N2O2S/c29-26(24-14-8-3-9-15-24)21-31(30)28-17-16-27(19-23-12-6-2-7-13-23)20-25(28)18-22-10-4-1-5-11-22/h1-15,25H,16-21H2/t25-,31?/m1/s1. The van der Waals surface area contributed by atoms with Crippen LogP contribution in [0.2, 0.25) is 0 Å². The third-order valence-corrected chi connectivity index (χ3v) is 7.20. The van der Waals surface area contributed by atoms with Crippen molar-refractivity contribution < 1.29 is 9.00 Å². The molecule has 1 saturated heterocycles. The van der Waals surface area contributed by atoms with Crippen LogP contribution in [0.1, 0.15) is 21.5 Å². The van der Waals surface area contributed by atoms with E-state index in [9.17, 15) is 9.00 Å². The molecule has 0 amide bonds. The van der Waals surface area contributed by atoms with Gasteiger partial charge in [0.15, 0.2) is 5.78 Å². The number of nitrogens with zero attached hydrogens (tertiary/aromatic N) is 2. The van der Waals surface area contributed by atoms with E-state index in [0.29, 0.717) is 12.1 Å². The normalized spacial score (nSPS) is 18.5. The zero-order valence-electron chi connectivity index (χ0n) is 17.6. The maximum atomic E-state index is 13.2. The summed E-state index contributed by atoms with van der Waals surface area (Å²) in [5.41, 5.74) is 3.14. The van der Waals surface area contributed by atoms with E-state index in [1.165, 1.54) is 11.1 Å². The summed E-state index contributed by atoms with van der Waals surface area (Å²) in [4.78, 5) is 15.1. The molecular weight excluding hydrogens is 404 g/mol. The molecule has 0 spiro atoms. The number of Topliss-reactive ketones (excluding diaryl/α,β-unsaturated/α-hetero) is 1. The van der Waals surface area contributed by atoms with Gasteiger partial charge in [-0.05, 0) is 17.5 Å². The molecular formula is C26H28N2O2S. The maximum absolute atomic E-state index is 13.2. The predicted molar refractivity (Wildman–Crippen MR) is 126 cm³/mol. The van der Waals surface area contributed by atoms with E-state index in [2.05, 4.69) is 41.3 Å². The summed E-state index contributed by atoms with van der Waals surface area (Å²) in [6.45, 7) is 3.25. The first-order valence-electron chi connectivity index (χ1n) is 10.7. The van der Waals surface area contributed by atoms with Crippen LogP contribution in [0.15, 0.2) is 91.0 Å².